The van der Waals surface area contributed by atoms with Crippen LogP contribution >= 0.6 is 0 Å². The molecule has 1 saturated heterocycles. The Bertz CT molecular complexity index is 312. The first-order chi connectivity index (χ1) is 10.3. The van der Waals surface area contributed by atoms with Gasteiger partial charge >= 0.3 is 0 Å². The van der Waals surface area contributed by atoms with E-state index in [0.29, 0.717) is 0 Å². The molecular formula is C17H34N4. The molecule has 21 heavy (non-hydrogen) atoms. The van der Waals surface area contributed by atoms with Gasteiger partial charge in [-0.05, 0) is 70.4 Å². The van der Waals surface area contributed by atoms with Crippen molar-refractivity contribution < 1.29 is 0 Å². The van der Waals surface area contributed by atoms with E-state index in [1.54, 1.807) is 0 Å². The van der Waals surface area contributed by atoms with Crippen molar-refractivity contribution in [3.8, 4) is 0 Å². The van der Waals surface area contributed by atoms with Crippen LogP contribution in [0.15, 0.2) is 4.99 Å². The number of guanidine groups is 1. The summed E-state index contributed by atoms with van der Waals surface area (Å²) < 4.78 is 0. The first kappa shape index (κ1) is 16.6. The van der Waals surface area contributed by atoms with E-state index in [4.69, 9.17) is 0 Å². The van der Waals surface area contributed by atoms with Crippen LogP contribution in [0.5, 0.6) is 0 Å². The first-order valence-electron chi connectivity index (χ1n) is 9.02. The predicted molar refractivity (Wildman–Crippen MR) is 90.8 cm³/mol. The van der Waals surface area contributed by atoms with Gasteiger partial charge in [-0.2, -0.15) is 0 Å². The van der Waals surface area contributed by atoms with E-state index >= 15 is 0 Å². The molecule has 0 amide bonds. The zero-order valence-electron chi connectivity index (χ0n) is 14.0. The molecule has 2 fully saturated rings. The highest BCUT2D eigenvalue weighted by Crippen LogP contribution is 2.28. The molecule has 1 saturated carbocycles. The van der Waals surface area contributed by atoms with E-state index in [-0.39, 0.29) is 0 Å². The smallest absolute Gasteiger partial charge is 0.191 e. The maximum atomic E-state index is 4.66. The summed E-state index contributed by atoms with van der Waals surface area (Å²) in [5.41, 5.74) is 0. The molecule has 1 heterocycles. The minimum Gasteiger partial charge on any atom is -0.357 e. The van der Waals surface area contributed by atoms with Gasteiger partial charge in [0, 0.05) is 26.2 Å². The lowest BCUT2D eigenvalue weighted by Crippen LogP contribution is -2.38. The lowest BCUT2D eigenvalue weighted by molar-refractivity contribution is 0.181. The molecule has 1 aliphatic heterocycles. The number of nitrogens with zero attached hydrogens (tertiary/aromatic N) is 2. The van der Waals surface area contributed by atoms with Crippen LogP contribution in [0.2, 0.25) is 0 Å². The van der Waals surface area contributed by atoms with Crippen LogP contribution in [0.3, 0.4) is 0 Å². The van der Waals surface area contributed by atoms with E-state index < -0.39 is 0 Å². The van der Waals surface area contributed by atoms with Gasteiger partial charge in [0.25, 0.3) is 0 Å². The quantitative estimate of drug-likeness (QED) is 0.410. The molecule has 0 radical (unpaired) electrons. The van der Waals surface area contributed by atoms with Gasteiger partial charge in [-0.1, -0.05) is 6.92 Å². The summed E-state index contributed by atoms with van der Waals surface area (Å²) in [5, 5.41) is 6.81. The Labute approximate surface area is 130 Å². The average Bonchev–Trinajstić information content (AvgIpc) is 3.28. The summed E-state index contributed by atoms with van der Waals surface area (Å²) in [6.45, 7) is 11.4. The molecule has 0 bridgehead atoms. The minimum absolute atomic E-state index is 0.863. The zero-order valence-corrected chi connectivity index (χ0v) is 14.0. The number of piperidine rings is 1. The number of likely N-dealkylation sites (tertiary alicyclic amines) is 1. The monoisotopic (exact) mass is 294 g/mol. The summed E-state index contributed by atoms with van der Waals surface area (Å²) >= 11 is 0. The number of rotatable bonds is 8. The second-order valence-electron chi connectivity index (χ2n) is 6.84. The standard InChI is InChI=1S/C17H34N4/c1-3-18-17(20-13-16-8-9-16)19-10-4-5-11-21-12-6-7-15(2)14-21/h15-16H,3-14H2,1-2H3,(H2,18,19,20). The van der Waals surface area contributed by atoms with E-state index in [1.807, 2.05) is 0 Å². The molecule has 122 valence electrons. The minimum atomic E-state index is 0.863. The van der Waals surface area contributed by atoms with Crippen molar-refractivity contribution in [1.29, 1.82) is 0 Å². The maximum absolute atomic E-state index is 4.66. The van der Waals surface area contributed by atoms with Crippen molar-refractivity contribution in [3.63, 3.8) is 0 Å². The molecule has 1 aliphatic carbocycles. The van der Waals surface area contributed by atoms with Crippen molar-refractivity contribution in [2.24, 2.45) is 16.8 Å². The molecule has 1 unspecified atom stereocenters. The highest BCUT2D eigenvalue weighted by atomic mass is 15.2. The van der Waals surface area contributed by atoms with Gasteiger partial charge in [-0.25, -0.2) is 0 Å². The summed E-state index contributed by atoms with van der Waals surface area (Å²) in [6.07, 6.45) is 8.08. The largest absolute Gasteiger partial charge is 0.357 e. The number of aliphatic imine (C=N–C) groups is 1. The maximum Gasteiger partial charge on any atom is 0.191 e. The second kappa shape index (κ2) is 9.29. The molecule has 4 heteroatoms. The molecule has 0 spiro atoms. The first-order valence-corrected chi connectivity index (χ1v) is 9.02. The van der Waals surface area contributed by atoms with Crippen molar-refractivity contribution in [1.82, 2.24) is 15.5 Å². The van der Waals surface area contributed by atoms with Crippen molar-refractivity contribution in [2.75, 3.05) is 39.3 Å². The highest BCUT2D eigenvalue weighted by Gasteiger charge is 2.20. The Kier molecular flexibility index (Phi) is 7.34. The molecule has 2 N–H and O–H groups in total. The van der Waals surface area contributed by atoms with Crippen LogP contribution in [0.25, 0.3) is 0 Å². The van der Waals surface area contributed by atoms with E-state index in [1.165, 1.54) is 58.2 Å². The van der Waals surface area contributed by atoms with Crippen LogP contribution in [0, 0.1) is 11.8 Å². The van der Waals surface area contributed by atoms with Crippen molar-refractivity contribution in [3.05, 3.63) is 0 Å². The SMILES string of the molecule is CCNC(=NCC1CC1)NCCCCN1CCCC(C)C1. The third-order valence-electron chi connectivity index (χ3n) is 4.48. The second-order valence-corrected chi connectivity index (χ2v) is 6.84. The van der Waals surface area contributed by atoms with Gasteiger partial charge in [0.05, 0.1) is 0 Å². The van der Waals surface area contributed by atoms with Crippen molar-refractivity contribution in [2.45, 2.75) is 52.4 Å². The van der Waals surface area contributed by atoms with Gasteiger partial charge in [0.2, 0.25) is 0 Å². The van der Waals surface area contributed by atoms with Gasteiger partial charge in [-0.15, -0.1) is 0 Å². The fraction of sp³-hybridized carbons (Fsp3) is 0.941. The normalized spacial score (nSPS) is 24.1. The topological polar surface area (TPSA) is 39.7 Å². The number of unbranched alkanes of at least 4 members (excludes halogenated alkanes) is 1. The van der Waals surface area contributed by atoms with Crippen molar-refractivity contribution >= 4 is 5.96 Å². The zero-order chi connectivity index (χ0) is 14.9. The molecule has 0 aromatic heterocycles. The summed E-state index contributed by atoms with van der Waals surface area (Å²) in [7, 11) is 0. The van der Waals surface area contributed by atoms with Gasteiger partial charge in [0.1, 0.15) is 0 Å². The fourth-order valence-corrected chi connectivity index (χ4v) is 3.02. The van der Waals surface area contributed by atoms with E-state index in [0.717, 1.165) is 37.4 Å². The molecule has 4 nitrogen and oxygen atoms in total. The fourth-order valence-electron chi connectivity index (χ4n) is 3.02. The Morgan fingerprint density at radius 1 is 1.19 bits per heavy atom. The molecule has 0 aromatic carbocycles. The lowest BCUT2D eigenvalue weighted by atomic mass is 10.0. The molecule has 2 rings (SSSR count). The lowest BCUT2D eigenvalue weighted by Gasteiger charge is -2.30. The van der Waals surface area contributed by atoms with Crippen LogP contribution in [0.1, 0.15) is 52.4 Å². The summed E-state index contributed by atoms with van der Waals surface area (Å²) in [4.78, 5) is 7.30. The summed E-state index contributed by atoms with van der Waals surface area (Å²) in [6, 6.07) is 0. The van der Waals surface area contributed by atoms with Crippen LogP contribution in [-0.2, 0) is 0 Å². The third kappa shape index (κ3) is 7.16. The Hall–Kier alpha value is -0.770. The van der Waals surface area contributed by atoms with E-state index in [9.17, 15) is 0 Å². The Morgan fingerprint density at radius 2 is 2.05 bits per heavy atom. The van der Waals surface area contributed by atoms with Gasteiger partial charge in [-0.3, -0.25) is 4.99 Å². The molecule has 0 aromatic rings. The van der Waals surface area contributed by atoms with Crippen LogP contribution in [0.4, 0.5) is 0 Å². The highest BCUT2D eigenvalue weighted by molar-refractivity contribution is 5.79. The predicted octanol–water partition coefficient (Wildman–Crippen LogP) is 2.46. The number of nitrogens with one attached hydrogen (secondary N) is 2. The Morgan fingerprint density at radius 3 is 2.76 bits per heavy atom. The molecular weight excluding hydrogens is 260 g/mol. The van der Waals surface area contributed by atoms with E-state index in [2.05, 4.69) is 34.4 Å². The summed E-state index contributed by atoms with van der Waals surface area (Å²) in [5.74, 6) is 2.77. The third-order valence-corrected chi connectivity index (χ3v) is 4.48. The number of hydrogen-bond acceptors (Lipinski definition) is 2. The Balaban J connectivity index is 1.53. The molecule has 2 aliphatic rings. The molecule has 1 atom stereocenters. The van der Waals surface area contributed by atoms with Crippen LogP contribution < -0.4 is 10.6 Å². The van der Waals surface area contributed by atoms with Crippen LogP contribution in [-0.4, -0.2) is 50.1 Å². The number of hydrogen-bond donors (Lipinski definition) is 2. The van der Waals surface area contributed by atoms with Gasteiger partial charge < -0.3 is 15.5 Å². The average molecular weight is 294 g/mol. The van der Waals surface area contributed by atoms with Gasteiger partial charge in [0.15, 0.2) is 5.96 Å².